The van der Waals surface area contributed by atoms with Crippen LogP contribution in [0, 0.1) is 0 Å². The van der Waals surface area contributed by atoms with Crippen LogP contribution in [0.2, 0.25) is 0 Å². The fourth-order valence-corrected chi connectivity index (χ4v) is 2.58. The first-order chi connectivity index (χ1) is 6.63. The number of carbonyl (C=O) groups excluding carboxylic acids is 1. The monoisotopic (exact) mass is 223 g/mol. The molecule has 1 aliphatic carbocycles. The molecular formula is C9H15F2NOS. The second kappa shape index (κ2) is 5.53. The van der Waals surface area contributed by atoms with Crippen molar-refractivity contribution in [3.63, 3.8) is 0 Å². The number of rotatable bonds is 3. The highest BCUT2D eigenvalue weighted by Crippen LogP contribution is 2.26. The number of nitrogens with one attached hydrogen (secondary N) is 1. The quantitative estimate of drug-likeness (QED) is 0.793. The van der Waals surface area contributed by atoms with Gasteiger partial charge in [-0.3, -0.25) is 4.79 Å². The van der Waals surface area contributed by atoms with Crippen LogP contribution in [0.4, 0.5) is 8.78 Å². The molecule has 0 aromatic carbocycles. The number of carbonyl (C=O) groups is 1. The summed E-state index contributed by atoms with van der Waals surface area (Å²) in [6, 6.07) is -0.0531. The largest absolute Gasteiger partial charge is 0.348 e. The number of halogens is 2. The summed E-state index contributed by atoms with van der Waals surface area (Å²) >= 11 is 1.75. The smallest absolute Gasteiger partial charge is 0.315 e. The van der Waals surface area contributed by atoms with Crippen molar-refractivity contribution in [1.82, 2.24) is 5.32 Å². The van der Waals surface area contributed by atoms with Crippen molar-refractivity contribution in [1.29, 1.82) is 0 Å². The van der Waals surface area contributed by atoms with E-state index in [0.29, 0.717) is 5.25 Å². The lowest BCUT2D eigenvalue weighted by Gasteiger charge is -2.28. The van der Waals surface area contributed by atoms with Gasteiger partial charge in [0.05, 0.1) is 0 Å². The van der Waals surface area contributed by atoms with Crippen molar-refractivity contribution in [3.8, 4) is 0 Å². The molecule has 0 heterocycles. The predicted octanol–water partition coefficient (Wildman–Crippen LogP) is 2.04. The van der Waals surface area contributed by atoms with Crippen molar-refractivity contribution in [2.75, 3.05) is 6.26 Å². The van der Waals surface area contributed by atoms with Crippen LogP contribution in [-0.2, 0) is 4.79 Å². The fraction of sp³-hybridized carbons (Fsp3) is 0.889. The van der Waals surface area contributed by atoms with Crippen LogP contribution in [0.3, 0.4) is 0 Å². The van der Waals surface area contributed by atoms with E-state index >= 15 is 0 Å². The molecule has 0 radical (unpaired) electrons. The summed E-state index contributed by atoms with van der Waals surface area (Å²) in [7, 11) is 0. The highest BCUT2D eigenvalue weighted by molar-refractivity contribution is 7.99. The van der Waals surface area contributed by atoms with Gasteiger partial charge in [0.2, 0.25) is 0 Å². The Bertz CT molecular complexity index is 201. The average Bonchev–Trinajstić information content (AvgIpc) is 2.18. The van der Waals surface area contributed by atoms with Gasteiger partial charge in [-0.2, -0.15) is 20.5 Å². The first kappa shape index (κ1) is 11.8. The molecule has 0 bridgehead atoms. The van der Waals surface area contributed by atoms with E-state index in [1.807, 2.05) is 6.26 Å². The molecule has 0 spiro atoms. The third-order valence-corrected chi connectivity index (χ3v) is 3.60. The third kappa shape index (κ3) is 3.44. The molecule has 0 aromatic heterocycles. The third-order valence-electron chi connectivity index (χ3n) is 2.50. The van der Waals surface area contributed by atoms with Crippen molar-refractivity contribution in [2.24, 2.45) is 0 Å². The Morgan fingerprint density at radius 1 is 1.50 bits per heavy atom. The molecule has 1 aliphatic rings. The van der Waals surface area contributed by atoms with E-state index in [1.54, 1.807) is 11.8 Å². The van der Waals surface area contributed by atoms with E-state index in [4.69, 9.17) is 0 Å². The summed E-state index contributed by atoms with van der Waals surface area (Å²) in [4.78, 5) is 10.7. The fourth-order valence-electron chi connectivity index (χ4n) is 1.75. The van der Waals surface area contributed by atoms with E-state index in [0.717, 1.165) is 25.7 Å². The highest BCUT2D eigenvalue weighted by Gasteiger charge is 2.25. The van der Waals surface area contributed by atoms with Gasteiger partial charge in [-0.25, -0.2) is 0 Å². The Labute approximate surface area is 86.8 Å². The first-order valence-electron chi connectivity index (χ1n) is 4.74. The van der Waals surface area contributed by atoms with E-state index in [2.05, 4.69) is 5.32 Å². The second-order valence-electron chi connectivity index (χ2n) is 3.53. The Morgan fingerprint density at radius 3 is 2.79 bits per heavy atom. The van der Waals surface area contributed by atoms with E-state index in [9.17, 15) is 13.6 Å². The SMILES string of the molecule is CSC1CCCC(NC(=O)C(F)F)C1. The predicted molar refractivity (Wildman–Crippen MR) is 53.7 cm³/mol. The maximum absolute atomic E-state index is 11.9. The highest BCUT2D eigenvalue weighted by atomic mass is 32.2. The Balaban J connectivity index is 2.34. The lowest BCUT2D eigenvalue weighted by molar-refractivity contribution is -0.132. The van der Waals surface area contributed by atoms with Crippen LogP contribution in [0.25, 0.3) is 0 Å². The zero-order chi connectivity index (χ0) is 10.6. The molecule has 1 saturated carbocycles. The van der Waals surface area contributed by atoms with Crippen molar-refractivity contribution >= 4 is 17.7 Å². The number of hydrogen-bond donors (Lipinski definition) is 1. The summed E-state index contributed by atoms with van der Waals surface area (Å²) in [5.41, 5.74) is 0. The molecule has 0 saturated heterocycles. The number of amides is 1. The molecular weight excluding hydrogens is 208 g/mol. The van der Waals surface area contributed by atoms with E-state index < -0.39 is 12.3 Å². The molecule has 1 fully saturated rings. The molecule has 14 heavy (non-hydrogen) atoms. The molecule has 2 nitrogen and oxygen atoms in total. The van der Waals surface area contributed by atoms with Gasteiger partial charge in [-0.15, -0.1) is 0 Å². The first-order valence-corrected chi connectivity index (χ1v) is 6.03. The minimum Gasteiger partial charge on any atom is -0.348 e. The molecule has 1 N–H and O–H groups in total. The van der Waals surface area contributed by atoms with Gasteiger partial charge in [0, 0.05) is 11.3 Å². The average molecular weight is 223 g/mol. The zero-order valence-electron chi connectivity index (χ0n) is 8.13. The zero-order valence-corrected chi connectivity index (χ0v) is 8.95. The van der Waals surface area contributed by atoms with Crippen LogP contribution in [0.5, 0.6) is 0 Å². The molecule has 0 aromatic rings. The Kier molecular flexibility index (Phi) is 4.65. The summed E-state index contributed by atoms with van der Waals surface area (Å²) in [5, 5.41) is 2.89. The van der Waals surface area contributed by atoms with Gasteiger partial charge in [-0.05, 0) is 25.5 Å². The number of alkyl halides is 2. The van der Waals surface area contributed by atoms with Crippen molar-refractivity contribution < 1.29 is 13.6 Å². The van der Waals surface area contributed by atoms with Gasteiger partial charge < -0.3 is 5.32 Å². The second-order valence-corrected chi connectivity index (χ2v) is 4.67. The van der Waals surface area contributed by atoms with E-state index in [1.165, 1.54) is 0 Å². The minimum atomic E-state index is -2.88. The number of thioether (sulfide) groups is 1. The van der Waals surface area contributed by atoms with E-state index in [-0.39, 0.29) is 6.04 Å². The molecule has 1 rings (SSSR count). The maximum atomic E-state index is 11.9. The molecule has 2 unspecified atom stereocenters. The summed E-state index contributed by atoms with van der Waals surface area (Å²) in [6.07, 6.45) is 2.92. The number of hydrogen-bond acceptors (Lipinski definition) is 2. The van der Waals surface area contributed by atoms with Gasteiger partial charge in [0.1, 0.15) is 0 Å². The van der Waals surface area contributed by atoms with Crippen molar-refractivity contribution in [3.05, 3.63) is 0 Å². The molecule has 1 amide bonds. The normalized spacial score (nSPS) is 27.7. The van der Waals surface area contributed by atoms with Crippen LogP contribution >= 0.6 is 11.8 Å². The molecule has 0 aliphatic heterocycles. The van der Waals surface area contributed by atoms with Crippen molar-refractivity contribution in [2.45, 2.75) is 43.4 Å². The Morgan fingerprint density at radius 2 is 2.21 bits per heavy atom. The van der Waals surface area contributed by atoms with Crippen LogP contribution in [-0.4, -0.2) is 29.9 Å². The summed E-state index contributed by atoms with van der Waals surface area (Å²) < 4.78 is 23.9. The molecule has 2 atom stereocenters. The van der Waals surface area contributed by atoms with Gasteiger partial charge >= 0.3 is 6.43 Å². The molecule has 82 valence electrons. The van der Waals surface area contributed by atoms with Gasteiger partial charge in [0.25, 0.3) is 5.91 Å². The van der Waals surface area contributed by atoms with Gasteiger partial charge in [-0.1, -0.05) is 6.42 Å². The summed E-state index contributed by atoms with van der Waals surface area (Å²) in [6.45, 7) is 0. The standard InChI is InChI=1S/C9H15F2NOS/c1-14-7-4-2-3-6(5-7)12-9(13)8(10)11/h6-8H,2-5H2,1H3,(H,12,13). The lowest BCUT2D eigenvalue weighted by atomic mass is 9.95. The molecule has 5 heteroatoms. The lowest BCUT2D eigenvalue weighted by Crippen LogP contribution is -2.41. The summed E-state index contributed by atoms with van der Waals surface area (Å²) in [5.74, 6) is -1.13. The Hall–Kier alpha value is -0.320. The van der Waals surface area contributed by atoms with Crippen LogP contribution in [0.15, 0.2) is 0 Å². The van der Waals surface area contributed by atoms with Crippen LogP contribution in [0.1, 0.15) is 25.7 Å². The maximum Gasteiger partial charge on any atom is 0.315 e. The van der Waals surface area contributed by atoms with Crippen LogP contribution < -0.4 is 5.32 Å². The topological polar surface area (TPSA) is 29.1 Å². The van der Waals surface area contributed by atoms with Gasteiger partial charge in [0.15, 0.2) is 0 Å². The minimum absolute atomic E-state index is 0.0531.